The fourth-order valence-electron chi connectivity index (χ4n) is 3.30. The van der Waals surface area contributed by atoms with E-state index in [4.69, 9.17) is 0 Å². The number of fused-ring (bicyclic) bond motifs is 2. The third kappa shape index (κ3) is 7.64. The van der Waals surface area contributed by atoms with E-state index >= 15 is 0 Å². The van der Waals surface area contributed by atoms with Gasteiger partial charge in [0.1, 0.15) is 0 Å². The van der Waals surface area contributed by atoms with E-state index in [1.54, 1.807) is 0 Å². The summed E-state index contributed by atoms with van der Waals surface area (Å²) in [7, 11) is 0. The summed E-state index contributed by atoms with van der Waals surface area (Å²) < 4.78 is 0. The van der Waals surface area contributed by atoms with Crippen molar-refractivity contribution in [2.45, 2.75) is 52.6 Å². The summed E-state index contributed by atoms with van der Waals surface area (Å²) in [5.41, 5.74) is 3.20. The van der Waals surface area contributed by atoms with E-state index in [-0.39, 0.29) is 5.49 Å². The normalized spacial score (nSPS) is 10.2. The molecule has 0 saturated heterocycles. The second-order valence-electron chi connectivity index (χ2n) is 7.49. The maximum atomic E-state index is 2.33. The van der Waals surface area contributed by atoms with Crippen LogP contribution in [0.4, 0.5) is 0 Å². The zero-order valence-corrected chi connectivity index (χ0v) is 22.3. The van der Waals surface area contributed by atoms with Gasteiger partial charge in [0.15, 0.2) is 0 Å². The SMILES string of the molecule is CCCc1cc2ccccc2[cH-]1.CCCc1cc2ccccc2[cH-]1.C[Si](C)=[Hf+2]. The van der Waals surface area contributed by atoms with Crippen LogP contribution in [0.3, 0.4) is 0 Å². The van der Waals surface area contributed by atoms with E-state index < -0.39 is 0 Å². The molecule has 0 aliphatic carbocycles. The van der Waals surface area contributed by atoms with Crippen LogP contribution in [0.15, 0.2) is 72.8 Å². The summed E-state index contributed by atoms with van der Waals surface area (Å²) in [6.07, 6.45) is 4.87. The molecule has 0 fully saturated rings. The Balaban J connectivity index is 0.000000169. The Morgan fingerprint density at radius 1 is 0.714 bits per heavy atom. The first-order valence-corrected chi connectivity index (χ1v) is 18.2. The van der Waals surface area contributed by atoms with Crippen LogP contribution >= 0.6 is 0 Å². The molecular weight excluding hydrogens is 519 g/mol. The van der Waals surface area contributed by atoms with Gasteiger partial charge in [0.25, 0.3) is 0 Å². The Morgan fingerprint density at radius 2 is 1.07 bits per heavy atom. The van der Waals surface area contributed by atoms with Gasteiger partial charge in [0, 0.05) is 0 Å². The maximum absolute atomic E-state index is 2.33. The number of hydrogen-bond donors (Lipinski definition) is 0. The van der Waals surface area contributed by atoms with Gasteiger partial charge >= 0.3 is 41.6 Å². The molecule has 0 N–H and O–H groups in total. The Kier molecular flexibility index (Phi) is 10.1. The van der Waals surface area contributed by atoms with E-state index in [0.717, 1.165) is 0 Å². The first-order valence-electron chi connectivity index (χ1n) is 10.3. The molecule has 4 aromatic rings. The molecule has 0 radical (unpaired) electrons. The van der Waals surface area contributed by atoms with Crippen molar-refractivity contribution < 1.29 is 23.0 Å². The van der Waals surface area contributed by atoms with Crippen molar-refractivity contribution in [3.8, 4) is 0 Å². The molecule has 0 nitrogen and oxygen atoms in total. The van der Waals surface area contributed by atoms with Gasteiger partial charge in [0.05, 0.1) is 0 Å². The number of rotatable bonds is 4. The van der Waals surface area contributed by atoms with Crippen molar-refractivity contribution in [3.63, 3.8) is 0 Å². The fourth-order valence-corrected chi connectivity index (χ4v) is 3.30. The average Bonchev–Trinajstić information content (AvgIpc) is 3.25. The second-order valence-corrected chi connectivity index (χ2v) is 20.3. The molecule has 144 valence electrons. The summed E-state index contributed by atoms with van der Waals surface area (Å²) in [5.74, 6) is 0. The molecule has 0 saturated carbocycles. The molecule has 0 heterocycles. The topological polar surface area (TPSA) is 0 Å². The number of hydrogen-bond acceptors (Lipinski definition) is 0. The van der Waals surface area contributed by atoms with Crippen molar-refractivity contribution in [2.24, 2.45) is 0 Å². The molecule has 0 aliphatic rings. The van der Waals surface area contributed by atoms with Crippen LogP contribution in [0.5, 0.6) is 0 Å². The zero-order valence-electron chi connectivity index (χ0n) is 17.8. The predicted molar refractivity (Wildman–Crippen MR) is 125 cm³/mol. The summed E-state index contributed by atoms with van der Waals surface area (Å²) >= 11 is 1.45. The van der Waals surface area contributed by atoms with Gasteiger partial charge < -0.3 is 0 Å². The molecule has 0 aromatic heterocycles. The van der Waals surface area contributed by atoms with Gasteiger partial charge in [-0.1, -0.05) is 38.8 Å². The summed E-state index contributed by atoms with van der Waals surface area (Å²) in [4.78, 5) is 0. The molecule has 0 unspecified atom stereocenters. The van der Waals surface area contributed by atoms with E-state index in [2.05, 4.69) is 99.7 Å². The standard InChI is InChI=1S/2C12H13.C2H6Si.Hf/c2*1-2-5-10-8-11-6-3-4-7-12(11)9-10;1-3-2;/h2*3-4,6-9H,2,5H2,1H3;1-2H3;/q2*-1;;+2. The Bertz CT molecular complexity index is 844. The van der Waals surface area contributed by atoms with Crippen LogP contribution in [0, 0.1) is 0 Å². The van der Waals surface area contributed by atoms with Crippen molar-refractivity contribution in [1.82, 2.24) is 0 Å². The van der Waals surface area contributed by atoms with Gasteiger partial charge in [0.2, 0.25) is 0 Å². The quantitative estimate of drug-likeness (QED) is 0.179. The minimum atomic E-state index is 0.259. The molecule has 0 amide bonds. The molecule has 0 atom stereocenters. The fraction of sp³-hybridized carbons (Fsp3) is 0.308. The Hall–Kier alpha value is -1.25. The van der Waals surface area contributed by atoms with E-state index in [9.17, 15) is 0 Å². The number of aryl methyl sites for hydroxylation is 2. The van der Waals surface area contributed by atoms with Crippen LogP contribution in [0.2, 0.25) is 13.1 Å². The van der Waals surface area contributed by atoms with Crippen LogP contribution < -0.4 is 0 Å². The molecule has 0 aliphatic heterocycles. The summed E-state index contributed by atoms with van der Waals surface area (Å²) in [5, 5.41) is 5.50. The second kappa shape index (κ2) is 12.3. The van der Waals surface area contributed by atoms with E-state index in [1.807, 2.05) is 0 Å². The van der Waals surface area contributed by atoms with Crippen LogP contribution in [0.25, 0.3) is 21.5 Å². The summed E-state index contributed by atoms with van der Waals surface area (Å²) in [6.45, 7) is 9.10. The van der Waals surface area contributed by atoms with Gasteiger partial charge in [-0.25, -0.2) is 0 Å². The van der Waals surface area contributed by atoms with Gasteiger partial charge in [-0.3, -0.25) is 0 Å². The van der Waals surface area contributed by atoms with Crippen molar-refractivity contribution >= 4 is 27.0 Å². The van der Waals surface area contributed by atoms with Gasteiger partial charge in [-0.2, -0.15) is 12.1 Å². The average molecular weight is 551 g/mol. The molecule has 28 heavy (non-hydrogen) atoms. The Morgan fingerprint density at radius 3 is 1.39 bits per heavy atom. The molecular formula is C26H32HfSi. The third-order valence-electron chi connectivity index (χ3n) is 4.43. The van der Waals surface area contributed by atoms with E-state index in [0.29, 0.717) is 0 Å². The first-order chi connectivity index (χ1) is 13.5. The third-order valence-corrected chi connectivity index (χ3v) is 4.43. The minimum absolute atomic E-state index is 0.259. The predicted octanol–water partition coefficient (Wildman–Crippen LogP) is 7.81. The van der Waals surface area contributed by atoms with Gasteiger partial charge in [-0.05, 0) is 12.8 Å². The van der Waals surface area contributed by atoms with Crippen LogP contribution in [0.1, 0.15) is 37.8 Å². The monoisotopic (exact) mass is 552 g/mol. The molecule has 4 rings (SSSR count). The van der Waals surface area contributed by atoms with Crippen LogP contribution in [-0.2, 0) is 35.8 Å². The van der Waals surface area contributed by atoms with Crippen molar-refractivity contribution in [1.29, 1.82) is 0 Å². The molecule has 4 aromatic carbocycles. The van der Waals surface area contributed by atoms with Crippen molar-refractivity contribution in [2.75, 3.05) is 0 Å². The first kappa shape index (κ1) is 23.0. The summed E-state index contributed by atoms with van der Waals surface area (Å²) in [6, 6.07) is 26.2. The molecule has 2 heteroatoms. The molecule has 0 bridgehead atoms. The number of benzene rings is 2. The van der Waals surface area contributed by atoms with E-state index in [1.165, 1.54) is 81.4 Å². The zero-order chi connectivity index (χ0) is 20.4. The van der Waals surface area contributed by atoms with Gasteiger partial charge in [-0.15, -0.1) is 81.2 Å². The van der Waals surface area contributed by atoms with Crippen LogP contribution in [-0.4, -0.2) is 5.49 Å². The Labute approximate surface area is 185 Å². The molecule has 0 spiro atoms. The van der Waals surface area contributed by atoms with Crippen molar-refractivity contribution in [3.05, 3.63) is 83.9 Å².